The summed E-state index contributed by atoms with van der Waals surface area (Å²) in [5.74, 6) is 1.41. The predicted octanol–water partition coefficient (Wildman–Crippen LogP) is 3.51. The summed E-state index contributed by atoms with van der Waals surface area (Å²) < 4.78 is 13.7. The van der Waals surface area contributed by atoms with E-state index >= 15 is 0 Å². The molecule has 2 nitrogen and oxygen atoms in total. The Balaban J connectivity index is 1.82. The van der Waals surface area contributed by atoms with Crippen LogP contribution in [-0.2, 0) is 6.54 Å². The normalized spacial score (nSPS) is 19.6. The lowest BCUT2D eigenvalue weighted by molar-refractivity contribution is 0.313. The molecule has 1 heterocycles. The van der Waals surface area contributed by atoms with Crippen molar-refractivity contribution in [2.75, 3.05) is 26.2 Å². The first-order valence-electron chi connectivity index (χ1n) is 8.14. The number of rotatable bonds is 6. The van der Waals surface area contributed by atoms with Crippen molar-refractivity contribution in [3.05, 3.63) is 34.6 Å². The zero-order valence-electron chi connectivity index (χ0n) is 13.9. The van der Waals surface area contributed by atoms with Gasteiger partial charge in [0.1, 0.15) is 5.82 Å². The van der Waals surface area contributed by atoms with Crippen molar-refractivity contribution in [2.24, 2.45) is 11.8 Å². The molecule has 0 saturated carbocycles. The van der Waals surface area contributed by atoms with Crippen LogP contribution in [0, 0.1) is 31.5 Å². The fourth-order valence-corrected chi connectivity index (χ4v) is 3.18. The van der Waals surface area contributed by atoms with Crippen LogP contribution in [-0.4, -0.2) is 31.1 Å². The summed E-state index contributed by atoms with van der Waals surface area (Å²) in [5.41, 5.74) is 2.76. The number of halogens is 1. The summed E-state index contributed by atoms with van der Waals surface area (Å²) in [6.07, 6.45) is 1.27. The van der Waals surface area contributed by atoms with Gasteiger partial charge in [-0.15, -0.1) is 0 Å². The molecule has 3 heteroatoms. The van der Waals surface area contributed by atoms with Gasteiger partial charge >= 0.3 is 0 Å². The average Bonchev–Trinajstić information content (AvgIpc) is 2.83. The molecular weight excluding hydrogens is 263 g/mol. The van der Waals surface area contributed by atoms with Gasteiger partial charge in [-0.25, -0.2) is 4.39 Å². The van der Waals surface area contributed by atoms with Gasteiger partial charge in [-0.05, 0) is 68.4 Å². The molecule has 0 amide bonds. The first kappa shape index (κ1) is 16.4. The SMILES string of the molecule is Cc1cc(CN2CCC(CNCC(C)C)C2)cc(C)c1F. The maximum atomic E-state index is 13.7. The molecule has 0 spiro atoms. The Hall–Kier alpha value is -0.930. The lowest BCUT2D eigenvalue weighted by Crippen LogP contribution is -2.28. The van der Waals surface area contributed by atoms with E-state index in [1.165, 1.54) is 12.0 Å². The molecule has 0 radical (unpaired) electrons. The molecule has 21 heavy (non-hydrogen) atoms. The molecule has 118 valence electrons. The predicted molar refractivity (Wildman–Crippen MR) is 87.0 cm³/mol. The van der Waals surface area contributed by atoms with Crippen molar-refractivity contribution in [1.29, 1.82) is 0 Å². The number of aryl methyl sites for hydroxylation is 2. The van der Waals surface area contributed by atoms with Crippen molar-refractivity contribution in [2.45, 2.75) is 40.7 Å². The summed E-state index contributed by atoms with van der Waals surface area (Å²) in [5, 5.41) is 3.56. The lowest BCUT2D eigenvalue weighted by Gasteiger charge is -2.18. The Bertz CT molecular complexity index is 447. The second-order valence-electron chi connectivity index (χ2n) is 6.99. The molecule has 1 atom stereocenters. The number of nitrogens with zero attached hydrogens (tertiary/aromatic N) is 1. The fraction of sp³-hybridized carbons (Fsp3) is 0.667. The first-order chi connectivity index (χ1) is 9.95. The van der Waals surface area contributed by atoms with Gasteiger partial charge < -0.3 is 5.32 Å². The number of hydrogen-bond acceptors (Lipinski definition) is 2. The molecule has 1 aromatic rings. The molecule has 0 aromatic heterocycles. The van der Waals surface area contributed by atoms with Gasteiger partial charge in [-0.2, -0.15) is 0 Å². The third-order valence-corrected chi connectivity index (χ3v) is 4.26. The molecule has 1 saturated heterocycles. The minimum Gasteiger partial charge on any atom is -0.316 e. The molecular formula is C18H29FN2. The number of likely N-dealkylation sites (tertiary alicyclic amines) is 1. The quantitative estimate of drug-likeness (QED) is 0.863. The van der Waals surface area contributed by atoms with Crippen LogP contribution in [0.4, 0.5) is 4.39 Å². The lowest BCUT2D eigenvalue weighted by atomic mass is 10.1. The first-order valence-corrected chi connectivity index (χ1v) is 8.14. The van der Waals surface area contributed by atoms with Crippen LogP contribution in [0.2, 0.25) is 0 Å². The van der Waals surface area contributed by atoms with Crippen LogP contribution >= 0.6 is 0 Å². The van der Waals surface area contributed by atoms with Crippen LogP contribution in [0.5, 0.6) is 0 Å². The fourth-order valence-electron chi connectivity index (χ4n) is 3.18. The molecule has 1 fully saturated rings. The van der Waals surface area contributed by atoms with Crippen molar-refractivity contribution in [1.82, 2.24) is 10.2 Å². The van der Waals surface area contributed by atoms with Gasteiger partial charge in [-0.1, -0.05) is 26.0 Å². The largest absolute Gasteiger partial charge is 0.316 e. The number of hydrogen-bond donors (Lipinski definition) is 1. The molecule has 1 unspecified atom stereocenters. The molecule has 1 N–H and O–H groups in total. The summed E-state index contributed by atoms with van der Waals surface area (Å²) in [4.78, 5) is 2.49. The molecule has 2 rings (SSSR count). The minimum atomic E-state index is -0.0593. The van der Waals surface area contributed by atoms with Crippen molar-refractivity contribution in [3.8, 4) is 0 Å². The Morgan fingerprint density at radius 2 is 1.95 bits per heavy atom. The van der Waals surface area contributed by atoms with Crippen LogP contribution in [0.15, 0.2) is 12.1 Å². The van der Waals surface area contributed by atoms with E-state index in [2.05, 4.69) is 24.1 Å². The van der Waals surface area contributed by atoms with Gasteiger partial charge in [0.15, 0.2) is 0 Å². The van der Waals surface area contributed by atoms with Crippen molar-refractivity contribution >= 4 is 0 Å². The Labute approximate surface area is 128 Å². The summed E-state index contributed by atoms with van der Waals surface area (Å²) in [6.45, 7) is 13.7. The third kappa shape index (κ3) is 4.79. The minimum absolute atomic E-state index is 0.0593. The standard InChI is InChI=1S/C18H29FN2/c1-13(2)9-20-10-16-5-6-21(11-16)12-17-7-14(3)18(19)15(4)8-17/h7-8,13,16,20H,5-6,9-12H2,1-4H3. The molecule has 1 aliphatic rings. The summed E-state index contributed by atoms with van der Waals surface area (Å²) >= 11 is 0. The molecule has 1 aromatic carbocycles. The Morgan fingerprint density at radius 3 is 2.57 bits per heavy atom. The molecule has 1 aliphatic heterocycles. The van der Waals surface area contributed by atoms with E-state index in [0.717, 1.165) is 49.8 Å². The monoisotopic (exact) mass is 292 g/mol. The Morgan fingerprint density at radius 1 is 1.29 bits per heavy atom. The molecule has 0 bridgehead atoms. The van der Waals surface area contributed by atoms with E-state index in [9.17, 15) is 4.39 Å². The topological polar surface area (TPSA) is 15.3 Å². The highest BCUT2D eigenvalue weighted by Crippen LogP contribution is 2.21. The van der Waals surface area contributed by atoms with Crippen molar-refractivity contribution < 1.29 is 4.39 Å². The third-order valence-electron chi connectivity index (χ3n) is 4.26. The van der Waals surface area contributed by atoms with Crippen LogP contribution < -0.4 is 5.32 Å². The summed E-state index contributed by atoms with van der Waals surface area (Å²) in [6, 6.07) is 3.99. The Kier molecular flexibility index (Phi) is 5.77. The van der Waals surface area contributed by atoms with Gasteiger partial charge in [-0.3, -0.25) is 4.90 Å². The second kappa shape index (κ2) is 7.37. The van der Waals surface area contributed by atoms with E-state index < -0.39 is 0 Å². The van der Waals surface area contributed by atoms with E-state index in [1.54, 1.807) is 0 Å². The second-order valence-corrected chi connectivity index (χ2v) is 6.99. The highest BCUT2D eigenvalue weighted by Gasteiger charge is 2.22. The zero-order chi connectivity index (χ0) is 15.4. The van der Waals surface area contributed by atoms with Gasteiger partial charge in [0.2, 0.25) is 0 Å². The maximum Gasteiger partial charge on any atom is 0.129 e. The molecule has 0 aliphatic carbocycles. The van der Waals surface area contributed by atoms with Crippen LogP contribution in [0.25, 0.3) is 0 Å². The maximum absolute atomic E-state index is 13.7. The zero-order valence-corrected chi connectivity index (χ0v) is 13.9. The van der Waals surface area contributed by atoms with Gasteiger partial charge in [0.25, 0.3) is 0 Å². The highest BCUT2D eigenvalue weighted by molar-refractivity contribution is 5.30. The van der Waals surface area contributed by atoms with Gasteiger partial charge in [0, 0.05) is 13.1 Å². The van der Waals surface area contributed by atoms with Crippen molar-refractivity contribution in [3.63, 3.8) is 0 Å². The van der Waals surface area contributed by atoms with Gasteiger partial charge in [0.05, 0.1) is 0 Å². The van der Waals surface area contributed by atoms with E-state index in [4.69, 9.17) is 0 Å². The highest BCUT2D eigenvalue weighted by atomic mass is 19.1. The van der Waals surface area contributed by atoms with Crippen LogP contribution in [0.1, 0.15) is 37.0 Å². The van der Waals surface area contributed by atoms with E-state index in [1.807, 2.05) is 26.0 Å². The number of nitrogens with one attached hydrogen (secondary N) is 1. The average molecular weight is 292 g/mol. The van der Waals surface area contributed by atoms with E-state index in [-0.39, 0.29) is 5.82 Å². The smallest absolute Gasteiger partial charge is 0.129 e. The summed E-state index contributed by atoms with van der Waals surface area (Å²) in [7, 11) is 0. The number of benzene rings is 1. The van der Waals surface area contributed by atoms with Crippen LogP contribution in [0.3, 0.4) is 0 Å². The van der Waals surface area contributed by atoms with E-state index in [0.29, 0.717) is 5.92 Å².